The van der Waals surface area contributed by atoms with Crippen LogP contribution in [0.4, 0.5) is 0 Å². The largest absolute Gasteiger partial charge is 0.314 e. The third-order valence-corrected chi connectivity index (χ3v) is 3.76. The van der Waals surface area contributed by atoms with Gasteiger partial charge in [-0.15, -0.1) is 0 Å². The first-order valence-corrected chi connectivity index (χ1v) is 8.10. The van der Waals surface area contributed by atoms with E-state index in [4.69, 9.17) is 0 Å². The van der Waals surface area contributed by atoms with Crippen molar-refractivity contribution in [2.45, 2.75) is 45.1 Å². The van der Waals surface area contributed by atoms with Crippen LogP contribution < -0.4 is 5.32 Å². The smallest absolute Gasteiger partial charge is 0.147 e. The molecule has 0 radical (unpaired) electrons. The molecule has 1 aliphatic carbocycles. The van der Waals surface area contributed by atoms with Crippen molar-refractivity contribution in [2.24, 2.45) is 0 Å². The number of sulfone groups is 1. The van der Waals surface area contributed by atoms with Crippen molar-refractivity contribution in [2.75, 3.05) is 18.6 Å². The van der Waals surface area contributed by atoms with Gasteiger partial charge in [-0.1, -0.05) is 11.6 Å². The number of allylic oxidation sites excluding steroid dienone is 1. The van der Waals surface area contributed by atoms with Crippen LogP contribution in [0.2, 0.25) is 0 Å². The van der Waals surface area contributed by atoms with Crippen LogP contribution in [0.5, 0.6) is 0 Å². The van der Waals surface area contributed by atoms with Crippen LogP contribution in [0.25, 0.3) is 0 Å². The van der Waals surface area contributed by atoms with Crippen molar-refractivity contribution in [1.82, 2.24) is 5.32 Å². The Morgan fingerprint density at radius 1 is 1.44 bits per heavy atom. The first-order chi connectivity index (χ1) is 7.47. The van der Waals surface area contributed by atoms with E-state index in [0.29, 0.717) is 5.75 Å². The lowest BCUT2D eigenvalue weighted by Crippen LogP contribution is -2.16. The van der Waals surface area contributed by atoms with Gasteiger partial charge >= 0.3 is 0 Å². The predicted molar refractivity (Wildman–Crippen MR) is 68.3 cm³/mol. The van der Waals surface area contributed by atoms with Gasteiger partial charge in [0.2, 0.25) is 0 Å². The van der Waals surface area contributed by atoms with E-state index in [0.717, 1.165) is 31.8 Å². The Balaban J connectivity index is 2.03. The number of hydrogen-bond acceptors (Lipinski definition) is 3. The molecule has 0 aromatic rings. The molecular weight excluding hydrogens is 222 g/mol. The fourth-order valence-electron chi connectivity index (χ4n) is 1.61. The van der Waals surface area contributed by atoms with Crippen molar-refractivity contribution in [3.63, 3.8) is 0 Å². The summed E-state index contributed by atoms with van der Waals surface area (Å²) < 4.78 is 21.9. The Labute approximate surface area is 99.2 Å². The van der Waals surface area contributed by atoms with E-state index in [2.05, 4.69) is 18.3 Å². The van der Waals surface area contributed by atoms with Gasteiger partial charge in [0.05, 0.1) is 5.75 Å². The molecule has 94 valence electrons. The minimum absolute atomic E-state index is 0.304. The van der Waals surface area contributed by atoms with Crippen molar-refractivity contribution < 1.29 is 8.42 Å². The van der Waals surface area contributed by atoms with Crippen molar-refractivity contribution in [3.05, 3.63) is 11.6 Å². The maximum atomic E-state index is 10.9. The quantitative estimate of drug-likeness (QED) is 0.525. The Morgan fingerprint density at radius 3 is 2.69 bits per heavy atom. The van der Waals surface area contributed by atoms with Gasteiger partial charge in [-0.25, -0.2) is 8.42 Å². The number of nitrogens with one attached hydrogen (secondary N) is 1. The minimum atomic E-state index is -2.79. The highest BCUT2D eigenvalue weighted by Crippen LogP contribution is 2.18. The van der Waals surface area contributed by atoms with Gasteiger partial charge in [0.1, 0.15) is 9.84 Å². The van der Waals surface area contributed by atoms with Gasteiger partial charge in [0.25, 0.3) is 0 Å². The molecule has 1 fully saturated rings. The van der Waals surface area contributed by atoms with Gasteiger partial charge in [-0.3, -0.25) is 0 Å². The fraction of sp³-hybridized carbons (Fsp3) is 0.833. The van der Waals surface area contributed by atoms with E-state index in [1.165, 1.54) is 24.7 Å². The molecule has 0 aliphatic heterocycles. The molecule has 0 aromatic carbocycles. The van der Waals surface area contributed by atoms with Crippen molar-refractivity contribution in [1.29, 1.82) is 0 Å². The van der Waals surface area contributed by atoms with Gasteiger partial charge < -0.3 is 5.32 Å². The summed E-state index contributed by atoms with van der Waals surface area (Å²) in [5.41, 5.74) is 1.31. The first kappa shape index (κ1) is 13.7. The average Bonchev–Trinajstić information content (AvgIpc) is 2.94. The molecular formula is C12H23NO2S. The summed E-state index contributed by atoms with van der Waals surface area (Å²) in [6, 6.07) is 0.777. The van der Waals surface area contributed by atoms with Crippen molar-refractivity contribution in [3.8, 4) is 0 Å². The van der Waals surface area contributed by atoms with Crippen LogP contribution in [0.1, 0.15) is 39.0 Å². The Bertz CT molecular complexity index is 329. The van der Waals surface area contributed by atoms with Crippen LogP contribution in [0.15, 0.2) is 11.6 Å². The van der Waals surface area contributed by atoms with E-state index in [-0.39, 0.29) is 0 Å². The predicted octanol–water partition coefficient (Wildman–Crippen LogP) is 1.90. The summed E-state index contributed by atoms with van der Waals surface area (Å²) in [7, 11) is -2.79. The standard InChI is InChI=1S/C12H23NO2S/c1-11(6-4-10-16(2,14)15)5-3-9-13-12-7-8-12/h5,12-13H,3-4,6-10H2,1-2H3. The average molecular weight is 245 g/mol. The number of rotatable bonds is 8. The highest BCUT2D eigenvalue weighted by atomic mass is 32.2. The molecule has 0 atom stereocenters. The summed E-state index contributed by atoms with van der Waals surface area (Å²) in [4.78, 5) is 0. The third kappa shape index (κ3) is 7.88. The molecule has 4 heteroatoms. The zero-order valence-corrected chi connectivity index (χ0v) is 11.1. The second kappa shape index (κ2) is 6.40. The molecule has 1 rings (SSSR count). The van der Waals surface area contributed by atoms with Crippen LogP contribution in [0, 0.1) is 0 Å². The lowest BCUT2D eigenvalue weighted by molar-refractivity contribution is 0.599. The summed E-state index contributed by atoms with van der Waals surface area (Å²) in [5, 5.41) is 3.45. The molecule has 0 amide bonds. The van der Waals surface area contributed by atoms with E-state index in [1.54, 1.807) is 0 Å². The van der Waals surface area contributed by atoms with Gasteiger partial charge in [0, 0.05) is 12.3 Å². The van der Waals surface area contributed by atoms with E-state index >= 15 is 0 Å². The van der Waals surface area contributed by atoms with E-state index in [1.807, 2.05) is 0 Å². The molecule has 1 N–H and O–H groups in total. The summed E-state index contributed by atoms with van der Waals surface area (Å²) >= 11 is 0. The summed E-state index contributed by atoms with van der Waals surface area (Å²) in [6.45, 7) is 3.13. The SMILES string of the molecule is CC(=CCCNC1CC1)CCCS(C)(=O)=O. The molecule has 0 aromatic heterocycles. The molecule has 0 saturated heterocycles. The zero-order chi connectivity index (χ0) is 12.0. The summed E-state index contributed by atoms with van der Waals surface area (Å²) in [5.74, 6) is 0.304. The molecule has 1 aliphatic rings. The molecule has 1 saturated carbocycles. The molecule has 0 bridgehead atoms. The highest BCUT2D eigenvalue weighted by Gasteiger charge is 2.19. The summed E-state index contributed by atoms with van der Waals surface area (Å²) in [6.07, 6.45) is 8.88. The lowest BCUT2D eigenvalue weighted by Gasteiger charge is -2.02. The topological polar surface area (TPSA) is 46.2 Å². The molecule has 0 spiro atoms. The minimum Gasteiger partial charge on any atom is -0.314 e. The number of hydrogen-bond donors (Lipinski definition) is 1. The van der Waals surface area contributed by atoms with E-state index in [9.17, 15) is 8.42 Å². The Hall–Kier alpha value is -0.350. The van der Waals surface area contributed by atoms with Gasteiger partial charge in [-0.05, 0) is 45.6 Å². The van der Waals surface area contributed by atoms with Crippen LogP contribution in [-0.2, 0) is 9.84 Å². The molecule has 0 heterocycles. The second-order valence-corrected chi connectivity index (χ2v) is 7.06. The Morgan fingerprint density at radius 2 is 2.12 bits per heavy atom. The normalized spacial score (nSPS) is 17.8. The molecule has 0 unspecified atom stereocenters. The van der Waals surface area contributed by atoms with Crippen LogP contribution in [-0.4, -0.2) is 33.0 Å². The van der Waals surface area contributed by atoms with Gasteiger partial charge in [-0.2, -0.15) is 0 Å². The lowest BCUT2D eigenvalue weighted by atomic mass is 10.1. The maximum Gasteiger partial charge on any atom is 0.147 e. The molecule has 3 nitrogen and oxygen atoms in total. The molecule has 16 heavy (non-hydrogen) atoms. The highest BCUT2D eigenvalue weighted by molar-refractivity contribution is 7.90. The maximum absolute atomic E-state index is 10.9. The fourth-order valence-corrected chi connectivity index (χ4v) is 2.28. The monoisotopic (exact) mass is 245 g/mol. The Kier molecular flexibility index (Phi) is 5.49. The second-order valence-electron chi connectivity index (χ2n) is 4.80. The third-order valence-electron chi connectivity index (χ3n) is 2.73. The van der Waals surface area contributed by atoms with Gasteiger partial charge in [0.15, 0.2) is 0 Å². The first-order valence-electron chi connectivity index (χ1n) is 6.04. The van der Waals surface area contributed by atoms with Crippen molar-refractivity contribution >= 4 is 9.84 Å². The zero-order valence-electron chi connectivity index (χ0n) is 10.3. The van der Waals surface area contributed by atoms with Crippen LogP contribution in [0.3, 0.4) is 0 Å². The van der Waals surface area contributed by atoms with E-state index < -0.39 is 9.84 Å². The van der Waals surface area contributed by atoms with Crippen LogP contribution >= 0.6 is 0 Å².